The van der Waals surface area contributed by atoms with E-state index in [9.17, 15) is 4.79 Å². The zero-order chi connectivity index (χ0) is 19.4. The third-order valence-corrected chi connectivity index (χ3v) is 8.30. The molecule has 2 aliphatic rings. The van der Waals surface area contributed by atoms with Gasteiger partial charge in [0, 0.05) is 17.2 Å². The zero-order valence-electron chi connectivity index (χ0n) is 16.6. The Morgan fingerprint density at radius 3 is 2.44 bits per heavy atom. The van der Waals surface area contributed by atoms with Crippen LogP contribution in [0.1, 0.15) is 39.3 Å². The Labute approximate surface area is 165 Å². The number of benzene rings is 1. The van der Waals surface area contributed by atoms with Crippen molar-refractivity contribution in [3.05, 3.63) is 36.0 Å². The van der Waals surface area contributed by atoms with Crippen LogP contribution < -0.4 is 4.74 Å². The van der Waals surface area contributed by atoms with Crippen molar-refractivity contribution >= 4 is 17.5 Å². The smallest absolute Gasteiger partial charge is 0.189 e. The topological polar surface area (TPSA) is 52.1 Å². The number of hydrogen-bond acceptors (Lipinski definition) is 5. The van der Waals surface area contributed by atoms with Crippen LogP contribution in [0.3, 0.4) is 0 Å². The molecule has 2 aromatic rings. The number of ketones is 1. The summed E-state index contributed by atoms with van der Waals surface area (Å²) in [5, 5.41) is 0.639. The fourth-order valence-corrected chi connectivity index (χ4v) is 6.31. The average molecular weight is 383 g/mol. The minimum Gasteiger partial charge on any atom is -0.497 e. The van der Waals surface area contributed by atoms with Crippen LogP contribution in [0.4, 0.5) is 0 Å². The van der Waals surface area contributed by atoms with Crippen molar-refractivity contribution in [2.24, 2.45) is 16.7 Å². The van der Waals surface area contributed by atoms with E-state index in [0.29, 0.717) is 10.9 Å². The number of Topliss-reactive ketones (excluding diaryl/α,β-unsaturated/α-hetero) is 1. The molecule has 3 atom stereocenters. The molecule has 142 valence electrons. The molecule has 0 N–H and O–H groups in total. The van der Waals surface area contributed by atoms with Crippen LogP contribution >= 0.6 is 11.8 Å². The second kappa shape index (κ2) is 6.33. The van der Waals surface area contributed by atoms with Gasteiger partial charge >= 0.3 is 0 Å². The molecule has 2 fully saturated rings. The van der Waals surface area contributed by atoms with E-state index >= 15 is 0 Å². The lowest BCUT2D eigenvalue weighted by molar-refractivity contribution is -0.122. The van der Waals surface area contributed by atoms with Gasteiger partial charge in [-0.1, -0.05) is 32.5 Å². The van der Waals surface area contributed by atoms with Gasteiger partial charge in [-0.05, 0) is 60.9 Å². The molecule has 1 aromatic heterocycles. The van der Waals surface area contributed by atoms with Crippen molar-refractivity contribution in [2.45, 2.75) is 50.9 Å². The molecule has 2 saturated carbocycles. The molecule has 2 aliphatic carbocycles. The normalized spacial score (nSPS) is 28.6. The number of aromatic nitrogens is 2. The quantitative estimate of drug-likeness (QED) is 0.701. The summed E-state index contributed by atoms with van der Waals surface area (Å²) < 4.78 is 5.24. The van der Waals surface area contributed by atoms with E-state index in [1.807, 2.05) is 37.3 Å². The molecular weight excluding hydrogens is 356 g/mol. The Kier molecular flexibility index (Phi) is 4.34. The summed E-state index contributed by atoms with van der Waals surface area (Å²) in [6, 6.07) is 9.86. The van der Waals surface area contributed by atoms with Gasteiger partial charge in [-0.25, -0.2) is 9.97 Å². The molecular formula is C22H26N2O2S. The number of rotatable bonds is 4. The Morgan fingerprint density at radius 2 is 1.85 bits per heavy atom. The molecule has 27 heavy (non-hydrogen) atoms. The van der Waals surface area contributed by atoms with Crippen molar-refractivity contribution in [1.29, 1.82) is 0 Å². The third-order valence-electron chi connectivity index (χ3n) is 6.92. The minimum absolute atomic E-state index is 0.00675. The van der Waals surface area contributed by atoms with Gasteiger partial charge in [-0.15, -0.1) is 0 Å². The highest BCUT2D eigenvalue weighted by Crippen LogP contribution is 2.67. The highest BCUT2D eigenvalue weighted by atomic mass is 32.2. The van der Waals surface area contributed by atoms with Crippen molar-refractivity contribution in [2.75, 3.05) is 7.11 Å². The molecule has 1 aromatic carbocycles. The number of fused-ring (bicyclic) bond motifs is 2. The largest absolute Gasteiger partial charge is 0.497 e. The number of methoxy groups -OCH3 is 1. The summed E-state index contributed by atoms with van der Waals surface area (Å²) in [5.41, 5.74) is 2.87. The van der Waals surface area contributed by atoms with E-state index in [4.69, 9.17) is 9.72 Å². The molecule has 0 saturated heterocycles. The fraction of sp³-hybridized carbons (Fsp3) is 0.500. The van der Waals surface area contributed by atoms with Crippen LogP contribution in [0.15, 0.2) is 35.5 Å². The van der Waals surface area contributed by atoms with Crippen LogP contribution in [-0.4, -0.2) is 28.1 Å². The number of ether oxygens (including phenoxy) is 1. The SMILES string of the molecule is COc1ccc(-c2cc(C)nc(S[C@@H]3C(=O)[C@@H]4CC[C@]3(C)C4(C)C)n2)cc1. The molecule has 4 rings (SSSR count). The summed E-state index contributed by atoms with van der Waals surface area (Å²) in [6.45, 7) is 8.76. The molecule has 0 spiro atoms. The maximum atomic E-state index is 13.0. The highest BCUT2D eigenvalue weighted by molar-refractivity contribution is 8.00. The van der Waals surface area contributed by atoms with E-state index in [1.165, 1.54) is 0 Å². The van der Waals surface area contributed by atoms with Gasteiger partial charge in [-0.2, -0.15) is 0 Å². The summed E-state index contributed by atoms with van der Waals surface area (Å²) in [6.07, 6.45) is 2.12. The second-order valence-corrected chi connectivity index (χ2v) is 9.61. The predicted molar refractivity (Wildman–Crippen MR) is 108 cm³/mol. The molecule has 0 aliphatic heterocycles. The highest BCUT2D eigenvalue weighted by Gasteiger charge is 2.66. The van der Waals surface area contributed by atoms with Crippen molar-refractivity contribution in [3.63, 3.8) is 0 Å². The molecule has 4 nitrogen and oxygen atoms in total. The van der Waals surface area contributed by atoms with Crippen molar-refractivity contribution in [1.82, 2.24) is 9.97 Å². The van der Waals surface area contributed by atoms with Gasteiger partial charge in [0.2, 0.25) is 0 Å². The van der Waals surface area contributed by atoms with Crippen LogP contribution in [0.5, 0.6) is 5.75 Å². The number of hydrogen-bond donors (Lipinski definition) is 0. The van der Waals surface area contributed by atoms with Crippen LogP contribution in [0.2, 0.25) is 0 Å². The van der Waals surface area contributed by atoms with Gasteiger partial charge < -0.3 is 4.74 Å². The third kappa shape index (κ3) is 2.78. The summed E-state index contributed by atoms with van der Waals surface area (Å²) >= 11 is 1.56. The standard InChI is InChI=1S/C22H26N2O2S/c1-13-12-17(14-6-8-15(26-5)9-7-14)24-20(23-13)27-19-18(25)16-10-11-22(19,4)21(16,2)3/h6-9,12,16,19H,10-11H2,1-5H3/t16-,19+,22-/m0/s1. The first-order valence-electron chi connectivity index (χ1n) is 9.47. The Balaban J connectivity index is 1.65. The van der Waals surface area contributed by atoms with Crippen LogP contribution in [-0.2, 0) is 4.79 Å². The average Bonchev–Trinajstić information content (AvgIpc) is 2.95. The first-order valence-corrected chi connectivity index (χ1v) is 10.3. The lowest BCUT2D eigenvalue weighted by Crippen LogP contribution is -2.35. The van der Waals surface area contributed by atoms with E-state index in [1.54, 1.807) is 18.9 Å². The first kappa shape index (κ1) is 18.5. The van der Waals surface area contributed by atoms with Gasteiger partial charge in [0.05, 0.1) is 18.1 Å². The number of thioether (sulfide) groups is 1. The van der Waals surface area contributed by atoms with E-state index in [-0.39, 0.29) is 22.0 Å². The Hall–Kier alpha value is -1.88. The number of carbonyl (C=O) groups is 1. The van der Waals surface area contributed by atoms with E-state index in [2.05, 4.69) is 25.8 Å². The Bertz CT molecular complexity index is 894. The lowest BCUT2D eigenvalue weighted by Gasteiger charge is -2.37. The predicted octanol–water partition coefficient (Wildman–Crippen LogP) is 4.95. The van der Waals surface area contributed by atoms with Gasteiger partial charge in [-0.3, -0.25) is 4.79 Å². The number of carbonyl (C=O) groups excluding carboxylic acids is 1. The minimum atomic E-state index is -0.0585. The second-order valence-electron chi connectivity index (χ2n) is 8.54. The van der Waals surface area contributed by atoms with E-state index in [0.717, 1.165) is 35.5 Å². The van der Waals surface area contributed by atoms with Crippen molar-refractivity contribution < 1.29 is 9.53 Å². The molecule has 0 unspecified atom stereocenters. The summed E-state index contributed by atoms with van der Waals surface area (Å²) in [5.74, 6) is 1.38. The van der Waals surface area contributed by atoms with Gasteiger partial charge in [0.15, 0.2) is 5.16 Å². The maximum Gasteiger partial charge on any atom is 0.189 e. The summed E-state index contributed by atoms with van der Waals surface area (Å²) in [7, 11) is 1.66. The fourth-order valence-electron chi connectivity index (χ4n) is 4.79. The number of nitrogens with zero attached hydrogens (tertiary/aromatic N) is 2. The van der Waals surface area contributed by atoms with Gasteiger partial charge in [0.25, 0.3) is 0 Å². The van der Waals surface area contributed by atoms with E-state index < -0.39 is 0 Å². The van der Waals surface area contributed by atoms with Gasteiger partial charge in [0.1, 0.15) is 11.5 Å². The number of aryl methyl sites for hydroxylation is 1. The molecule has 0 amide bonds. The lowest BCUT2D eigenvalue weighted by atomic mass is 9.71. The van der Waals surface area contributed by atoms with Crippen LogP contribution in [0.25, 0.3) is 11.3 Å². The van der Waals surface area contributed by atoms with Crippen molar-refractivity contribution in [3.8, 4) is 17.0 Å². The molecule has 2 bridgehead atoms. The first-order chi connectivity index (χ1) is 12.8. The molecule has 5 heteroatoms. The monoisotopic (exact) mass is 382 g/mol. The molecule has 1 heterocycles. The maximum absolute atomic E-state index is 13.0. The zero-order valence-corrected chi connectivity index (χ0v) is 17.4. The molecule has 0 radical (unpaired) electrons. The summed E-state index contributed by atoms with van der Waals surface area (Å²) in [4.78, 5) is 22.4. The van der Waals surface area contributed by atoms with Crippen LogP contribution in [0, 0.1) is 23.7 Å². The Morgan fingerprint density at radius 1 is 1.15 bits per heavy atom.